The number of hydrogen-bond donors (Lipinski definition) is 3. The Morgan fingerprint density at radius 2 is 1.86 bits per heavy atom. The first-order chi connectivity index (χ1) is 14.2. The number of carbonyl (C=O) groups is 2. The van der Waals surface area contributed by atoms with Crippen LogP contribution in [0, 0.1) is 0 Å². The quantitative estimate of drug-likeness (QED) is 0.609. The molecule has 1 fully saturated rings. The Morgan fingerprint density at radius 1 is 1.10 bits per heavy atom. The Labute approximate surface area is 172 Å². The molecule has 1 saturated heterocycles. The van der Waals surface area contributed by atoms with E-state index in [1.54, 1.807) is 24.3 Å². The van der Waals surface area contributed by atoms with Gasteiger partial charge in [0.05, 0.1) is 12.6 Å². The van der Waals surface area contributed by atoms with E-state index in [1.165, 1.54) is 5.56 Å². The van der Waals surface area contributed by atoms with Crippen LogP contribution in [0.25, 0.3) is 0 Å². The minimum absolute atomic E-state index is 0.116. The van der Waals surface area contributed by atoms with Crippen molar-refractivity contribution in [2.45, 2.75) is 38.3 Å². The van der Waals surface area contributed by atoms with Gasteiger partial charge in [-0.05, 0) is 49.1 Å². The van der Waals surface area contributed by atoms with E-state index in [1.807, 2.05) is 18.2 Å². The Bertz CT molecular complexity index is 787. The van der Waals surface area contributed by atoms with Crippen LogP contribution in [0.3, 0.4) is 0 Å². The van der Waals surface area contributed by atoms with Gasteiger partial charge in [0.15, 0.2) is 0 Å². The highest BCUT2D eigenvalue weighted by Crippen LogP contribution is 2.16. The largest absolute Gasteiger partial charge is 0.376 e. The molecule has 0 bridgehead atoms. The molecule has 2 amide bonds. The monoisotopic (exact) mass is 395 g/mol. The summed E-state index contributed by atoms with van der Waals surface area (Å²) in [4.78, 5) is 24.5. The molecule has 6 nitrogen and oxygen atoms in total. The normalized spacial score (nSPS) is 16.9. The number of rotatable bonds is 9. The van der Waals surface area contributed by atoms with Crippen molar-refractivity contribution >= 4 is 17.5 Å². The zero-order valence-electron chi connectivity index (χ0n) is 16.8. The standard InChI is InChI=1S/C23H29N3O3/c1-2-21(17-7-4-3-5-8-17)24-16-22(27)26-19-12-10-18(11-13-19)23(28)25-15-20-9-6-14-29-20/h3-5,7-8,10-13,20-21,24H,2,6,9,14-16H2,1H3,(H,25,28)(H,26,27). The lowest BCUT2D eigenvalue weighted by Gasteiger charge is -2.17. The average Bonchev–Trinajstić information content (AvgIpc) is 3.27. The van der Waals surface area contributed by atoms with E-state index in [0.29, 0.717) is 17.8 Å². The van der Waals surface area contributed by atoms with Crippen molar-refractivity contribution in [3.05, 3.63) is 65.7 Å². The summed E-state index contributed by atoms with van der Waals surface area (Å²) < 4.78 is 5.51. The molecule has 3 N–H and O–H groups in total. The van der Waals surface area contributed by atoms with E-state index in [4.69, 9.17) is 4.74 Å². The van der Waals surface area contributed by atoms with E-state index >= 15 is 0 Å². The Hall–Kier alpha value is -2.70. The molecule has 0 aliphatic carbocycles. The minimum atomic E-state index is -0.131. The predicted molar refractivity (Wildman–Crippen MR) is 114 cm³/mol. The summed E-state index contributed by atoms with van der Waals surface area (Å²) in [6.07, 6.45) is 3.05. The Balaban J connectivity index is 1.44. The van der Waals surface area contributed by atoms with Crippen LogP contribution in [-0.4, -0.2) is 37.6 Å². The van der Waals surface area contributed by atoms with E-state index < -0.39 is 0 Å². The molecule has 0 radical (unpaired) electrons. The molecule has 1 heterocycles. The highest BCUT2D eigenvalue weighted by atomic mass is 16.5. The third-order valence-electron chi connectivity index (χ3n) is 5.06. The lowest BCUT2D eigenvalue weighted by atomic mass is 10.0. The average molecular weight is 396 g/mol. The minimum Gasteiger partial charge on any atom is -0.376 e. The fraction of sp³-hybridized carbons (Fsp3) is 0.391. The van der Waals surface area contributed by atoms with Gasteiger partial charge in [0.1, 0.15) is 0 Å². The molecule has 6 heteroatoms. The molecule has 154 valence electrons. The van der Waals surface area contributed by atoms with Crippen LogP contribution in [0.2, 0.25) is 0 Å². The van der Waals surface area contributed by atoms with Crippen LogP contribution in [0.4, 0.5) is 5.69 Å². The van der Waals surface area contributed by atoms with Gasteiger partial charge in [-0.3, -0.25) is 9.59 Å². The van der Waals surface area contributed by atoms with Gasteiger partial charge in [-0.1, -0.05) is 37.3 Å². The summed E-state index contributed by atoms with van der Waals surface area (Å²) in [5.41, 5.74) is 2.40. The lowest BCUT2D eigenvalue weighted by molar-refractivity contribution is -0.115. The van der Waals surface area contributed by atoms with Crippen molar-refractivity contribution in [1.29, 1.82) is 0 Å². The maximum Gasteiger partial charge on any atom is 0.251 e. The maximum atomic E-state index is 12.3. The van der Waals surface area contributed by atoms with Gasteiger partial charge in [0.25, 0.3) is 5.91 Å². The first-order valence-electron chi connectivity index (χ1n) is 10.2. The van der Waals surface area contributed by atoms with Crippen molar-refractivity contribution in [3.8, 4) is 0 Å². The molecule has 1 aliphatic rings. The van der Waals surface area contributed by atoms with Gasteiger partial charge in [-0.25, -0.2) is 0 Å². The number of hydrogen-bond acceptors (Lipinski definition) is 4. The van der Waals surface area contributed by atoms with Crippen LogP contribution < -0.4 is 16.0 Å². The maximum absolute atomic E-state index is 12.3. The first kappa shape index (κ1) is 21.0. The number of anilines is 1. The summed E-state index contributed by atoms with van der Waals surface area (Å²) in [7, 11) is 0. The topological polar surface area (TPSA) is 79.5 Å². The van der Waals surface area contributed by atoms with Crippen molar-refractivity contribution in [1.82, 2.24) is 10.6 Å². The molecule has 2 aromatic rings. The third-order valence-corrected chi connectivity index (χ3v) is 5.06. The number of carbonyl (C=O) groups excluding carboxylic acids is 2. The molecule has 2 atom stereocenters. The van der Waals surface area contributed by atoms with Gasteiger partial charge in [-0.15, -0.1) is 0 Å². The molecule has 2 aromatic carbocycles. The summed E-state index contributed by atoms with van der Waals surface area (Å²) in [6.45, 7) is 3.61. The number of amides is 2. The lowest BCUT2D eigenvalue weighted by Crippen LogP contribution is -2.32. The smallest absolute Gasteiger partial charge is 0.251 e. The molecular weight excluding hydrogens is 366 g/mol. The second kappa shape index (κ2) is 10.7. The fourth-order valence-corrected chi connectivity index (χ4v) is 3.42. The second-order valence-electron chi connectivity index (χ2n) is 7.22. The Kier molecular flexibility index (Phi) is 7.78. The number of ether oxygens (including phenoxy) is 1. The van der Waals surface area contributed by atoms with Gasteiger partial charge < -0.3 is 20.7 Å². The van der Waals surface area contributed by atoms with Crippen LogP contribution >= 0.6 is 0 Å². The highest BCUT2D eigenvalue weighted by molar-refractivity contribution is 5.96. The van der Waals surface area contributed by atoms with Crippen LogP contribution in [-0.2, 0) is 9.53 Å². The molecule has 1 aliphatic heterocycles. The van der Waals surface area contributed by atoms with Crippen LogP contribution in [0.15, 0.2) is 54.6 Å². The predicted octanol–water partition coefficient (Wildman–Crippen LogP) is 3.27. The van der Waals surface area contributed by atoms with E-state index in [2.05, 4.69) is 35.0 Å². The van der Waals surface area contributed by atoms with E-state index in [-0.39, 0.29) is 30.5 Å². The molecular formula is C23H29N3O3. The highest BCUT2D eigenvalue weighted by Gasteiger charge is 2.16. The zero-order chi connectivity index (χ0) is 20.5. The number of benzene rings is 2. The molecule has 0 spiro atoms. The van der Waals surface area contributed by atoms with E-state index in [0.717, 1.165) is 25.9 Å². The van der Waals surface area contributed by atoms with Crippen molar-refractivity contribution in [2.75, 3.05) is 25.0 Å². The summed E-state index contributed by atoms with van der Waals surface area (Å²) in [6, 6.07) is 17.1. The zero-order valence-corrected chi connectivity index (χ0v) is 16.8. The van der Waals surface area contributed by atoms with Crippen molar-refractivity contribution in [3.63, 3.8) is 0 Å². The fourth-order valence-electron chi connectivity index (χ4n) is 3.42. The molecule has 0 saturated carbocycles. The van der Waals surface area contributed by atoms with Crippen molar-refractivity contribution < 1.29 is 14.3 Å². The molecule has 3 rings (SSSR count). The molecule has 29 heavy (non-hydrogen) atoms. The van der Waals surface area contributed by atoms with Crippen LogP contribution in [0.5, 0.6) is 0 Å². The molecule has 2 unspecified atom stereocenters. The third kappa shape index (κ3) is 6.41. The van der Waals surface area contributed by atoms with Gasteiger partial charge in [-0.2, -0.15) is 0 Å². The second-order valence-corrected chi connectivity index (χ2v) is 7.22. The first-order valence-corrected chi connectivity index (χ1v) is 10.2. The van der Waals surface area contributed by atoms with E-state index in [9.17, 15) is 9.59 Å². The number of nitrogens with one attached hydrogen (secondary N) is 3. The summed E-state index contributed by atoms with van der Waals surface area (Å²) in [5.74, 6) is -0.247. The van der Waals surface area contributed by atoms with Gasteiger partial charge in [0, 0.05) is 30.4 Å². The summed E-state index contributed by atoms with van der Waals surface area (Å²) in [5, 5.41) is 9.05. The van der Waals surface area contributed by atoms with Gasteiger partial charge in [0.2, 0.25) is 5.91 Å². The SMILES string of the molecule is CCC(NCC(=O)Nc1ccc(C(=O)NCC2CCCO2)cc1)c1ccccc1. The molecule has 0 aromatic heterocycles. The Morgan fingerprint density at radius 3 is 2.52 bits per heavy atom. The van der Waals surface area contributed by atoms with Crippen LogP contribution in [0.1, 0.15) is 48.1 Å². The van der Waals surface area contributed by atoms with Crippen molar-refractivity contribution in [2.24, 2.45) is 0 Å². The summed E-state index contributed by atoms with van der Waals surface area (Å²) >= 11 is 0. The van der Waals surface area contributed by atoms with Gasteiger partial charge >= 0.3 is 0 Å².